The molecule has 1 aromatic heterocycles. The molecule has 0 aliphatic carbocycles. The summed E-state index contributed by atoms with van der Waals surface area (Å²) in [5, 5.41) is 0.658. The molecule has 0 radical (unpaired) electrons. The van der Waals surface area contributed by atoms with Crippen LogP contribution in [0.15, 0.2) is 54.7 Å². The van der Waals surface area contributed by atoms with Gasteiger partial charge in [-0.2, -0.15) is 0 Å². The first-order chi connectivity index (χ1) is 12.2. The van der Waals surface area contributed by atoms with Crippen LogP contribution in [0.1, 0.15) is 17.8 Å². The Hall–Kier alpha value is -2.59. The molecular weight excluding hydrogens is 334 g/mol. The summed E-state index contributed by atoms with van der Waals surface area (Å²) in [7, 11) is 0. The second-order valence-electron chi connectivity index (χ2n) is 6.08. The average Bonchev–Trinajstić information content (AvgIpc) is 2.61. The van der Waals surface area contributed by atoms with E-state index < -0.39 is 0 Å². The third-order valence-electron chi connectivity index (χ3n) is 4.21. The maximum Gasteiger partial charge on any atom is 0.139 e. The Bertz CT molecular complexity index is 913. The molecule has 0 atom stereocenters. The fraction of sp³-hybridized carbons (Fsp3) is 0.200. The zero-order valence-electron chi connectivity index (χ0n) is 13.9. The van der Waals surface area contributed by atoms with Gasteiger partial charge in [0.2, 0.25) is 0 Å². The number of fused-ring (bicyclic) bond motifs is 1. The normalized spacial score (nSPS) is 13.4. The molecule has 0 amide bonds. The fourth-order valence-corrected chi connectivity index (χ4v) is 3.24. The van der Waals surface area contributed by atoms with E-state index in [4.69, 9.17) is 16.3 Å². The van der Waals surface area contributed by atoms with Crippen LogP contribution in [0.3, 0.4) is 0 Å². The summed E-state index contributed by atoms with van der Waals surface area (Å²) in [5.41, 5.74) is 2.26. The number of rotatable bonds is 3. The molecule has 0 unspecified atom stereocenters. The minimum atomic E-state index is 0.658. The second kappa shape index (κ2) is 6.73. The number of aromatic nitrogens is 2. The van der Waals surface area contributed by atoms with Crippen molar-refractivity contribution in [2.24, 2.45) is 0 Å². The van der Waals surface area contributed by atoms with Gasteiger partial charge in [0, 0.05) is 35.1 Å². The Morgan fingerprint density at radius 3 is 2.72 bits per heavy atom. The van der Waals surface area contributed by atoms with E-state index in [0.717, 1.165) is 48.2 Å². The molecule has 0 fully saturated rings. The Kier molecular flexibility index (Phi) is 4.28. The summed E-state index contributed by atoms with van der Waals surface area (Å²) in [4.78, 5) is 11.2. The zero-order chi connectivity index (χ0) is 17.2. The molecule has 5 heteroatoms. The fourth-order valence-electron chi connectivity index (χ4n) is 3.06. The molecule has 2 heterocycles. The van der Waals surface area contributed by atoms with Crippen LogP contribution in [0.5, 0.6) is 11.5 Å². The molecule has 3 aromatic rings. The van der Waals surface area contributed by atoms with Crippen molar-refractivity contribution in [2.45, 2.75) is 19.8 Å². The minimum Gasteiger partial charge on any atom is -0.457 e. The van der Waals surface area contributed by atoms with Gasteiger partial charge in [-0.25, -0.2) is 9.97 Å². The number of anilines is 2. The van der Waals surface area contributed by atoms with Crippen LogP contribution >= 0.6 is 11.6 Å². The number of benzene rings is 2. The molecule has 1 aliphatic rings. The van der Waals surface area contributed by atoms with Gasteiger partial charge >= 0.3 is 0 Å². The van der Waals surface area contributed by atoms with Crippen LogP contribution < -0.4 is 9.64 Å². The van der Waals surface area contributed by atoms with Gasteiger partial charge in [0.15, 0.2) is 0 Å². The van der Waals surface area contributed by atoms with Crippen molar-refractivity contribution < 1.29 is 4.74 Å². The molecule has 4 rings (SSSR count). The molecule has 25 heavy (non-hydrogen) atoms. The lowest BCUT2D eigenvalue weighted by atomic mass is 10.1. The molecule has 126 valence electrons. The van der Waals surface area contributed by atoms with Gasteiger partial charge in [0.05, 0.1) is 0 Å². The SMILES string of the molecule is Cc1ncc2c(n1)N(c1cccc(Oc3cccc(Cl)c3)c1)CCC2. The third-order valence-corrected chi connectivity index (χ3v) is 4.44. The van der Waals surface area contributed by atoms with Gasteiger partial charge in [0.1, 0.15) is 23.1 Å². The lowest BCUT2D eigenvalue weighted by Gasteiger charge is -2.30. The third kappa shape index (κ3) is 3.44. The Morgan fingerprint density at radius 1 is 1.08 bits per heavy atom. The summed E-state index contributed by atoms with van der Waals surface area (Å²) in [6, 6.07) is 15.5. The second-order valence-corrected chi connectivity index (χ2v) is 6.51. The van der Waals surface area contributed by atoms with E-state index in [2.05, 4.69) is 20.9 Å². The van der Waals surface area contributed by atoms with Crippen LogP contribution in [0.25, 0.3) is 0 Å². The molecule has 0 saturated heterocycles. The largest absolute Gasteiger partial charge is 0.457 e. The highest BCUT2D eigenvalue weighted by atomic mass is 35.5. The first-order valence-electron chi connectivity index (χ1n) is 8.32. The lowest BCUT2D eigenvalue weighted by molar-refractivity contribution is 0.482. The molecule has 0 spiro atoms. The van der Waals surface area contributed by atoms with Crippen molar-refractivity contribution in [3.05, 3.63) is 71.1 Å². The van der Waals surface area contributed by atoms with E-state index in [1.54, 1.807) is 6.07 Å². The first-order valence-corrected chi connectivity index (χ1v) is 8.70. The zero-order valence-corrected chi connectivity index (χ0v) is 14.7. The Balaban J connectivity index is 1.65. The number of hydrogen-bond acceptors (Lipinski definition) is 4. The van der Waals surface area contributed by atoms with Gasteiger partial charge in [-0.05, 0) is 50.1 Å². The van der Waals surface area contributed by atoms with Crippen molar-refractivity contribution in [3.8, 4) is 11.5 Å². The van der Waals surface area contributed by atoms with Crippen molar-refractivity contribution in [1.29, 1.82) is 0 Å². The number of nitrogens with zero attached hydrogens (tertiary/aromatic N) is 3. The molecule has 1 aliphatic heterocycles. The van der Waals surface area contributed by atoms with Crippen LogP contribution in [0.4, 0.5) is 11.5 Å². The van der Waals surface area contributed by atoms with Crippen LogP contribution in [-0.4, -0.2) is 16.5 Å². The highest BCUT2D eigenvalue weighted by molar-refractivity contribution is 6.30. The van der Waals surface area contributed by atoms with E-state index in [-0.39, 0.29) is 0 Å². The summed E-state index contributed by atoms with van der Waals surface area (Å²) in [6.07, 6.45) is 4.04. The molecule has 0 bridgehead atoms. The highest BCUT2D eigenvalue weighted by Gasteiger charge is 2.20. The van der Waals surface area contributed by atoms with E-state index in [9.17, 15) is 0 Å². The van der Waals surface area contributed by atoms with E-state index >= 15 is 0 Å². The minimum absolute atomic E-state index is 0.658. The van der Waals surface area contributed by atoms with Gasteiger partial charge in [-0.1, -0.05) is 23.7 Å². The van der Waals surface area contributed by atoms with E-state index in [1.165, 1.54) is 5.56 Å². The van der Waals surface area contributed by atoms with Crippen LogP contribution in [-0.2, 0) is 6.42 Å². The van der Waals surface area contributed by atoms with Gasteiger partial charge in [-0.3, -0.25) is 0 Å². The summed E-state index contributed by atoms with van der Waals surface area (Å²) in [6.45, 7) is 2.86. The number of aryl methyl sites for hydroxylation is 2. The average molecular weight is 352 g/mol. The van der Waals surface area contributed by atoms with Gasteiger partial charge < -0.3 is 9.64 Å². The van der Waals surface area contributed by atoms with E-state index in [1.807, 2.05) is 49.5 Å². The molecular formula is C20H18ClN3O. The standard InChI is InChI=1S/C20H18ClN3O/c1-14-22-13-15-5-4-10-24(20(15)23-14)17-7-3-9-19(12-17)25-18-8-2-6-16(21)11-18/h2-3,6-9,11-13H,4-5,10H2,1H3. The monoisotopic (exact) mass is 351 g/mol. The van der Waals surface area contributed by atoms with Crippen LogP contribution in [0, 0.1) is 6.92 Å². The smallest absolute Gasteiger partial charge is 0.139 e. The van der Waals surface area contributed by atoms with E-state index in [0.29, 0.717) is 5.02 Å². The topological polar surface area (TPSA) is 38.2 Å². The van der Waals surface area contributed by atoms with Crippen molar-refractivity contribution in [1.82, 2.24) is 9.97 Å². The highest BCUT2D eigenvalue weighted by Crippen LogP contribution is 2.34. The van der Waals surface area contributed by atoms with Crippen molar-refractivity contribution in [2.75, 3.05) is 11.4 Å². The quantitative estimate of drug-likeness (QED) is 0.640. The summed E-state index contributed by atoms with van der Waals surface area (Å²) in [5.74, 6) is 3.29. The maximum absolute atomic E-state index is 6.03. The number of halogens is 1. The lowest BCUT2D eigenvalue weighted by Crippen LogP contribution is -2.26. The van der Waals surface area contributed by atoms with Gasteiger partial charge in [0.25, 0.3) is 0 Å². The predicted octanol–water partition coefficient (Wildman–Crippen LogP) is 5.32. The van der Waals surface area contributed by atoms with Crippen LogP contribution in [0.2, 0.25) is 5.02 Å². The number of hydrogen-bond donors (Lipinski definition) is 0. The molecule has 0 saturated carbocycles. The summed E-state index contributed by atoms with van der Waals surface area (Å²) >= 11 is 6.03. The number of ether oxygens (including phenoxy) is 1. The maximum atomic E-state index is 6.03. The van der Waals surface area contributed by atoms with Gasteiger partial charge in [-0.15, -0.1) is 0 Å². The van der Waals surface area contributed by atoms with Crippen molar-refractivity contribution in [3.63, 3.8) is 0 Å². The predicted molar refractivity (Wildman–Crippen MR) is 100 cm³/mol. The Morgan fingerprint density at radius 2 is 1.88 bits per heavy atom. The molecule has 4 nitrogen and oxygen atoms in total. The molecule has 2 aromatic carbocycles. The summed E-state index contributed by atoms with van der Waals surface area (Å²) < 4.78 is 5.96. The first kappa shape index (κ1) is 15.9. The Labute approximate surface area is 152 Å². The molecule has 0 N–H and O–H groups in total. The van der Waals surface area contributed by atoms with Crippen molar-refractivity contribution >= 4 is 23.1 Å².